The van der Waals surface area contributed by atoms with E-state index < -0.39 is 0 Å². The number of ether oxygens (including phenoxy) is 1. The van der Waals surface area contributed by atoms with Gasteiger partial charge in [-0.05, 0) is 36.8 Å². The normalized spacial score (nSPS) is 26.2. The molecule has 0 radical (unpaired) electrons. The third-order valence-electron chi connectivity index (χ3n) is 4.85. The predicted octanol–water partition coefficient (Wildman–Crippen LogP) is 2.48. The minimum Gasteiger partial charge on any atom is -0.373 e. The number of carbonyl (C=O) groups excluding carboxylic acids is 1. The van der Waals surface area contributed by atoms with E-state index in [1.54, 1.807) is 6.20 Å². The molecule has 2 aliphatic heterocycles. The van der Waals surface area contributed by atoms with Crippen molar-refractivity contribution in [3.63, 3.8) is 0 Å². The van der Waals surface area contributed by atoms with Gasteiger partial charge in [0.15, 0.2) is 0 Å². The van der Waals surface area contributed by atoms with E-state index in [2.05, 4.69) is 9.88 Å². The zero-order chi connectivity index (χ0) is 15.0. The van der Waals surface area contributed by atoms with Gasteiger partial charge in [0, 0.05) is 37.7 Å². The number of amides is 1. The van der Waals surface area contributed by atoms with Crippen molar-refractivity contribution in [3.8, 4) is 0 Å². The molecule has 1 amide bonds. The van der Waals surface area contributed by atoms with Gasteiger partial charge in [-0.25, -0.2) is 0 Å². The first-order chi connectivity index (χ1) is 10.7. The third-order valence-corrected chi connectivity index (χ3v) is 6.43. The molecule has 2 saturated heterocycles. The molecule has 5 heteroatoms. The molecule has 118 valence electrons. The van der Waals surface area contributed by atoms with Crippen LogP contribution in [0.2, 0.25) is 0 Å². The van der Waals surface area contributed by atoms with Crippen LogP contribution in [0.15, 0.2) is 24.5 Å². The Hall–Kier alpha value is -1.07. The van der Waals surface area contributed by atoms with E-state index >= 15 is 0 Å². The van der Waals surface area contributed by atoms with Gasteiger partial charge in [0.1, 0.15) is 0 Å². The molecule has 1 saturated carbocycles. The summed E-state index contributed by atoms with van der Waals surface area (Å²) in [5.74, 6) is 2.11. The highest BCUT2D eigenvalue weighted by molar-refractivity contribution is 8.01. The fraction of sp³-hybridized carbons (Fsp3) is 0.647. The van der Waals surface area contributed by atoms with Crippen LogP contribution >= 0.6 is 11.8 Å². The van der Waals surface area contributed by atoms with Crippen molar-refractivity contribution in [1.29, 1.82) is 0 Å². The minimum absolute atomic E-state index is 0.277. The molecule has 4 rings (SSSR count). The zero-order valence-electron chi connectivity index (χ0n) is 12.7. The lowest BCUT2D eigenvalue weighted by atomic mass is 9.92. The van der Waals surface area contributed by atoms with Crippen LogP contribution < -0.4 is 0 Å². The van der Waals surface area contributed by atoms with E-state index in [1.807, 2.05) is 30.1 Å². The lowest BCUT2D eigenvalue weighted by molar-refractivity contribution is -0.137. The summed E-state index contributed by atoms with van der Waals surface area (Å²) in [5.41, 5.74) is 1.13. The molecule has 1 aromatic rings. The van der Waals surface area contributed by atoms with E-state index in [-0.39, 0.29) is 4.75 Å². The van der Waals surface area contributed by atoms with E-state index in [4.69, 9.17) is 4.74 Å². The molecule has 0 aromatic carbocycles. The second kappa shape index (κ2) is 5.85. The topological polar surface area (TPSA) is 42.4 Å². The predicted molar refractivity (Wildman–Crippen MR) is 86.5 cm³/mol. The Morgan fingerprint density at radius 3 is 3.05 bits per heavy atom. The molecule has 1 aliphatic carbocycles. The monoisotopic (exact) mass is 318 g/mol. The van der Waals surface area contributed by atoms with E-state index in [1.165, 1.54) is 12.8 Å². The van der Waals surface area contributed by atoms with Crippen molar-refractivity contribution in [1.82, 2.24) is 9.88 Å². The molecule has 3 heterocycles. The highest BCUT2D eigenvalue weighted by Crippen LogP contribution is 2.47. The maximum Gasteiger partial charge on any atom is 0.222 e. The summed E-state index contributed by atoms with van der Waals surface area (Å²) < 4.78 is 6.30. The van der Waals surface area contributed by atoms with Gasteiger partial charge in [0.25, 0.3) is 0 Å². The number of hydrogen-bond acceptors (Lipinski definition) is 4. The first-order valence-electron chi connectivity index (χ1n) is 8.15. The summed E-state index contributed by atoms with van der Waals surface area (Å²) >= 11 is 2.00. The smallest absolute Gasteiger partial charge is 0.222 e. The highest BCUT2D eigenvalue weighted by atomic mass is 32.2. The third kappa shape index (κ3) is 3.15. The lowest BCUT2D eigenvalue weighted by Gasteiger charge is -2.47. The van der Waals surface area contributed by atoms with Crippen LogP contribution in [0.25, 0.3) is 0 Å². The molecule has 3 fully saturated rings. The van der Waals surface area contributed by atoms with E-state index in [0.29, 0.717) is 24.5 Å². The number of hydrogen-bond donors (Lipinski definition) is 0. The molecule has 1 unspecified atom stereocenters. The van der Waals surface area contributed by atoms with Gasteiger partial charge < -0.3 is 9.64 Å². The Morgan fingerprint density at radius 2 is 2.32 bits per heavy atom. The van der Waals surface area contributed by atoms with Gasteiger partial charge in [-0.3, -0.25) is 9.78 Å². The summed E-state index contributed by atoms with van der Waals surface area (Å²) in [6.45, 7) is 2.49. The van der Waals surface area contributed by atoms with Crippen LogP contribution in [0.1, 0.15) is 31.2 Å². The van der Waals surface area contributed by atoms with Gasteiger partial charge >= 0.3 is 0 Å². The Bertz CT molecular complexity index is 541. The van der Waals surface area contributed by atoms with Gasteiger partial charge in [0.05, 0.1) is 17.5 Å². The van der Waals surface area contributed by atoms with Gasteiger partial charge in [-0.2, -0.15) is 0 Å². The number of rotatable bonds is 5. The number of pyridine rings is 1. The molecule has 4 nitrogen and oxygen atoms in total. The molecule has 1 spiro atoms. The highest BCUT2D eigenvalue weighted by Gasteiger charge is 2.51. The molecule has 22 heavy (non-hydrogen) atoms. The molecule has 3 aliphatic rings. The molecular weight excluding hydrogens is 296 g/mol. The second-order valence-electron chi connectivity index (χ2n) is 6.89. The van der Waals surface area contributed by atoms with Crippen molar-refractivity contribution in [2.45, 2.75) is 43.1 Å². The maximum atomic E-state index is 12.1. The Kier molecular flexibility index (Phi) is 3.86. The second-order valence-corrected chi connectivity index (χ2v) is 8.38. The van der Waals surface area contributed by atoms with Crippen LogP contribution in [0.4, 0.5) is 0 Å². The van der Waals surface area contributed by atoms with Crippen LogP contribution in [0.3, 0.4) is 0 Å². The van der Waals surface area contributed by atoms with Gasteiger partial charge in [-0.15, -0.1) is 11.8 Å². The average Bonchev–Trinajstić information content (AvgIpc) is 3.20. The van der Waals surface area contributed by atoms with Crippen LogP contribution in [0, 0.1) is 5.92 Å². The molecule has 1 atom stereocenters. The Labute approximate surface area is 135 Å². The molecule has 0 bridgehead atoms. The molecule has 0 N–H and O–H groups in total. The summed E-state index contributed by atoms with van der Waals surface area (Å²) in [6.07, 6.45) is 8.32. The maximum absolute atomic E-state index is 12.1. The number of nitrogens with zero attached hydrogens (tertiary/aromatic N) is 2. The SMILES string of the molecule is O=C(CC1CC1)N1CC2(CC(OCc3cccnc3)CS2)C1. The standard InChI is InChI=1S/C17H22N2O2S/c20-16(6-13-3-4-13)19-11-17(12-19)7-15(10-22-17)21-9-14-2-1-5-18-8-14/h1-2,5,8,13,15H,3-4,6-7,9-12H2. The molecular formula is C17H22N2O2S. The van der Waals surface area contributed by atoms with Crippen molar-refractivity contribution in [2.24, 2.45) is 5.92 Å². The summed E-state index contributed by atoms with van der Waals surface area (Å²) in [4.78, 5) is 18.3. The average molecular weight is 318 g/mol. The largest absolute Gasteiger partial charge is 0.373 e. The number of thioether (sulfide) groups is 1. The van der Waals surface area contributed by atoms with Gasteiger partial charge in [-0.1, -0.05) is 6.07 Å². The van der Waals surface area contributed by atoms with Crippen LogP contribution in [-0.4, -0.2) is 45.5 Å². The number of aromatic nitrogens is 1. The van der Waals surface area contributed by atoms with Crippen molar-refractivity contribution < 1.29 is 9.53 Å². The van der Waals surface area contributed by atoms with E-state index in [0.717, 1.165) is 37.2 Å². The number of carbonyl (C=O) groups is 1. The Morgan fingerprint density at radius 1 is 1.45 bits per heavy atom. The number of likely N-dealkylation sites (tertiary alicyclic amines) is 1. The minimum atomic E-state index is 0.277. The van der Waals surface area contributed by atoms with Crippen LogP contribution in [0.5, 0.6) is 0 Å². The Balaban J connectivity index is 1.22. The van der Waals surface area contributed by atoms with Crippen molar-refractivity contribution in [2.75, 3.05) is 18.8 Å². The molecule has 1 aromatic heterocycles. The van der Waals surface area contributed by atoms with Crippen LogP contribution in [-0.2, 0) is 16.1 Å². The van der Waals surface area contributed by atoms with E-state index in [9.17, 15) is 4.79 Å². The summed E-state index contributed by atoms with van der Waals surface area (Å²) in [6, 6.07) is 3.99. The zero-order valence-corrected chi connectivity index (χ0v) is 13.6. The summed E-state index contributed by atoms with van der Waals surface area (Å²) in [5, 5.41) is 0. The van der Waals surface area contributed by atoms with Crippen molar-refractivity contribution >= 4 is 17.7 Å². The van der Waals surface area contributed by atoms with Crippen molar-refractivity contribution in [3.05, 3.63) is 30.1 Å². The summed E-state index contributed by atoms with van der Waals surface area (Å²) in [7, 11) is 0. The van der Waals surface area contributed by atoms with Gasteiger partial charge in [0.2, 0.25) is 5.91 Å². The lowest BCUT2D eigenvalue weighted by Crippen LogP contribution is -2.60. The fourth-order valence-corrected chi connectivity index (χ4v) is 4.90. The first kappa shape index (κ1) is 14.5. The first-order valence-corrected chi connectivity index (χ1v) is 9.13. The quantitative estimate of drug-likeness (QED) is 0.836. The fourth-order valence-electron chi connectivity index (χ4n) is 3.35.